The maximum Gasteiger partial charge on any atom is 0.0108 e. The highest BCUT2D eigenvalue weighted by molar-refractivity contribution is 7.99. The molecule has 2 aliphatic heterocycles. The van der Waals surface area contributed by atoms with Gasteiger partial charge in [0.1, 0.15) is 0 Å². The Hall–Kier alpha value is -0.470. The van der Waals surface area contributed by atoms with Gasteiger partial charge in [-0.2, -0.15) is 0 Å². The van der Waals surface area contributed by atoms with E-state index in [1.54, 1.807) is 5.56 Å². The number of benzene rings is 1. The Morgan fingerprint density at radius 1 is 1.20 bits per heavy atom. The van der Waals surface area contributed by atoms with Crippen molar-refractivity contribution in [1.29, 1.82) is 0 Å². The molecule has 0 amide bonds. The normalized spacial score (nSPS) is 25.7. The van der Waals surface area contributed by atoms with Gasteiger partial charge in [-0.15, -0.1) is 11.8 Å². The van der Waals surface area contributed by atoms with Crippen molar-refractivity contribution in [2.75, 3.05) is 25.4 Å². The van der Waals surface area contributed by atoms with Crippen molar-refractivity contribution in [3.8, 4) is 0 Å². The fraction of sp³-hybridized carbons (Fsp3) is 0.538. The summed E-state index contributed by atoms with van der Waals surface area (Å²) in [6.07, 6.45) is 2.81. The molecular formula is C13H17NS. The van der Waals surface area contributed by atoms with Crippen LogP contribution in [-0.4, -0.2) is 30.3 Å². The van der Waals surface area contributed by atoms with Crippen LogP contribution in [0.25, 0.3) is 0 Å². The molecule has 1 aromatic rings. The summed E-state index contributed by atoms with van der Waals surface area (Å²) in [6.45, 7) is 3.93. The van der Waals surface area contributed by atoms with Gasteiger partial charge in [0.15, 0.2) is 0 Å². The van der Waals surface area contributed by atoms with Crippen molar-refractivity contribution >= 4 is 11.8 Å². The molecule has 1 fully saturated rings. The fourth-order valence-corrected chi connectivity index (χ4v) is 3.90. The molecule has 1 saturated heterocycles. The summed E-state index contributed by atoms with van der Waals surface area (Å²) in [5.41, 5.74) is 1.59. The van der Waals surface area contributed by atoms with Crippen LogP contribution < -0.4 is 0 Å². The van der Waals surface area contributed by atoms with Gasteiger partial charge in [0.25, 0.3) is 0 Å². The first-order chi connectivity index (χ1) is 7.43. The predicted octanol–water partition coefficient (Wildman–Crippen LogP) is 2.97. The predicted molar refractivity (Wildman–Crippen MR) is 65.6 cm³/mol. The minimum absolute atomic E-state index is 0.782. The number of rotatable bonds is 2. The lowest BCUT2D eigenvalue weighted by molar-refractivity contribution is 0.322. The van der Waals surface area contributed by atoms with Gasteiger partial charge in [-0.25, -0.2) is 0 Å². The molecule has 0 bridgehead atoms. The monoisotopic (exact) mass is 219 g/mol. The smallest absolute Gasteiger partial charge is 0.0108 e. The van der Waals surface area contributed by atoms with Crippen molar-refractivity contribution < 1.29 is 0 Å². The number of fused-ring (bicyclic) bond motifs is 1. The molecular weight excluding hydrogens is 202 g/mol. The summed E-state index contributed by atoms with van der Waals surface area (Å²) in [5, 5.41) is 0. The lowest BCUT2D eigenvalue weighted by Crippen LogP contribution is -2.25. The Morgan fingerprint density at radius 3 is 2.87 bits per heavy atom. The second kappa shape index (κ2) is 4.18. The van der Waals surface area contributed by atoms with E-state index in [4.69, 9.17) is 0 Å². The van der Waals surface area contributed by atoms with Gasteiger partial charge in [0.05, 0.1) is 0 Å². The number of thioether (sulfide) groups is 1. The van der Waals surface area contributed by atoms with Crippen LogP contribution in [-0.2, 0) is 0 Å². The van der Waals surface area contributed by atoms with E-state index in [-0.39, 0.29) is 0 Å². The average Bonchev–Trinajstić information content (AvgIpc) is 2.89. The molecule has 0 aliphatic carbocycles. The Balaban J connectivity index is 1.73. The van der Waals surface area contributed by atoms with Crippen molar-refractivity contribution in [1.82, 2.24) is 4.90 Å². The van der Waals surface area contributed by atoms with E-state index >= 15 is 0 Å². The van der Waals surface area contributed by atoms with E-state index in [1.165, 1.54) is 43.1 Å². The van der Waals surface area contributed by atoms with Gasteiger partial charge in [-0.3, -0.25) is 0 Å². The first-order valence-corrected chi connectivity index (χ1v) is 6.86. The Morgan fingerprint density at radius 2 is 2.00 bits per heavy atom. The largest absolute Gasteiger partial charge is 0.303 e. The third-order valence-corrected chi connectivity index (χ3v) is 4.73. The highest BCUT2D eigenvalue weighted by atomic mass is 32.2. The van der Waals surface area contributed by atoms with Gasteiger partial charge in [0, 0.05) is 23.1 Å². The van der Waals surface area contributed by atoms with Crippen LogP contribution >= 0.6 is 11.8 Å². The van der Waals surface area contributed by atoms with Crippen molar-refractivity contribution in [3.63, 3.8) is 0 Å². The Bertz CT molecular complexity index is 344. The number of hydrogen-bond donors (Lipinski definition) is 0. The molecule has 1 unspecified atom stereocenters. The van der Waals surface area contributed by atoms with Crippen LogP contribution in [0, 0.1) is 0 Å². The third-order valence-electron chi connectivity index (χ3n) is 3.48. The summed E-state index contributed by atoms with van der Waals surface area (Å²) >= 11 is 2.03. The molecule has 15 heavy (non-hydrogen) atoms. The first kappa shape index (κ1) is 9.73. The Kier molecular flexibility index (Phi) is 2.72. The summed E-state index contributed by atoms with van der Waals surface area (Å²) in [4.78, 5) is 4.15. The van der Waals surface area contributed by atoms with E-state index in [2.05, 4.69) is 29.2 Å². The highest BCUT2D eigenvalue weighted by Crippen LogP contribution is 2.39. The topological polar surface area (TPSA) is 3.24 Å². The quantitative estimate of drug-likeness (QED) is 0.752. The minimum Gasteiger partial charge on any atom is -0.303 e. The zero-order chi connectivity index (χ0) is 10.1. The zero-order valence-electron chi connectivity index (χ0n) is 8.98. The average molecular weight is 219 g/mol. The third kappa shape index (κ3) is 1.93. The van der Waals surface area contributed by atoms with Crippen LogP contribution in [0.15, 0.2) is 29.2 Å². The van der Waals surface area contributed by atoms with Gasteiger partial charge >= 0.3 is 0 Å². The number of nitrogens with zero attached hydrogens (tertiary/aromatic N) is 1. The summed E-state index contributed by atoms with van der Waals surface area (Å²) in [7, 11) is 0. The van der Waals surface area contributed by atoms with Gasteiger partial charge in [-0.1, -0.05) is 18.2 Å². The van der Waals surface area contributed by atoms with Crippen molar-refractivity contribution in [2.24, 2.45) is 0 Å². The fourth-order valence-electron chi connectivity index (χ4n) is 2.66. The van der Waals surface area contributed by atoms with Crippen molar-refractivity contribution in [2.45, 2.75) is 23.7 Å². The molecule has 1 atom stereocenters. The SMILES string of the molecule is c1ccc2c(c1)SCC2CN1CCCC1. The van der Waals surface area contributed by atoms with Crippen LogP contribution in [0.5, 0.6) is 0 Å². The van der Waals surface area contributed by atoms with E-state index in [0.717, 1.165) is 5.92 Å². The molecule has 80 valence electrons. The zero-order valence-corrected chi connectivity index (χ0v) is 9.80. The summed E-state index contributed by atoms with van der Waals surface area (Å²) in [5.74, 6) is 2.07. The molecule has 2 heterocycles. The van der Waals surface area contributed by atoms with Crippen LogP contribution in [0.1, 0.15) is 24.3 Å². The van der Waals surface area contributed by atoms with Crippen LogP contribution in [0.2, 0.25) is 0 Å². The Labute approximate surface area is 95.9 Å². The van der Waals surface area contributed by atoms with Gasteiger partial charge < -0.3 is 4.90 Å². The van der Waals surface area contributed by atoms with Crippen LogP contribution in [0.3, 0.4) is 0 Å². The maximum atomic E-state index is 2.63. The molecule has 0 N–H and O–H groups in total. The summed E-state index contributed by atoms with van der Waals surface area (Å²) in [6, 6.07) is 8.92. The first-order valence-electron chi connectivity index (χ1n) is 5.87. The van der Waals surface area contributed by atoms with E-state index in [0.29, 0.717) is 0 Å². The molecule has 2 heteroatoms. The molecule has 0 saturated carbocycles. The molecule has 3 rings (SSSR count). The second-order valence-corrected chi connectivity index (χ2v) is 5.62. The molecule has 1 aromatic carbocycles. The minimum atomic E-state index is 0.782. The maximum absolute atomic E-state index is 2.63. The molecule has 0 radical (unpaired) electrons. The second-order valence-electron chi connectivity index (χ2n) is 4.55. The summed E-state index contributed by atoms with van der Waals surface area (Å²) < 4.78 is 0. The standard InChI is InChI=1S/C13H17NS/c1-2-6-13-12(5-1)11(10-15-13)9-14-7-3-4-8-14/h1-2,5-6,11H,3-4,7-10H2. The van der Waals surface area contributed by atoms with E-state index in [1.807, 2.05) is 11.8 Å². The lowest BCUT2D eigenvalue weighted by Gasteiger charge is -2.19. The van der Waals surface area contributed by atoms with Crippen LogP contribution in [0.4, 0.5) is 0 Å². The molecule has 0 aromatic heterocycles. The van der Waals surface area contributed by atoms with Crippen molar-refractivity contribution in [3.05, 3.63) is 29.8 Å². The highest BCUT2D eigenvalue weighted by Gasteiger charge is 2.25. The molecule has 0 spiro atoms. The lowest BCUT2D eigenvalue weighted by atomic mass is 10.0. The van der Waals surface area contributed by atoms with Gasteiger partial charge in [-0.05, 0) is 37.6 Å². The van der Waals surface area contributed by atoms with Gasteiger partial charge in [0.2, 0.25) is 0 Å². The number of likely N-dealkylation sites (tertiary alicyclic amines) is 1. The van der Waals surface area contributed by atoms with E-state index < -0.39 is 0 Å². The van der Waals surface area contributed by atoms with E-state index in [9.17, 15) is 0 Å². The molecule has 2 aliphatic rings. The molecule has 1 nitrogen and oxygen atoms in total. The number of hydrogen-bond acceptors (Lipinski definition) is 2.